The summed E-state index contributed by atoms with van der Waals surface area (Å²) in [5.74, 6) is -0.971. The number of carbonyl (C=O) groups is 2. The SMILES string of the molecule is CC(=O)NC(CCC(=O)O)Cc1cccn1C. The van der Waals surface area contributed by atoms with E-state index in [4.69, 9.17) is 5.11 Å². The van der Waals surface area contributed by atoms with Gasteiger partial charge in [-0.15, -0.1) is 0 Å². The molecule has 1 heterocycles. The predicted molar refractivity (Wildman–Crippen MR) is 63.6 cm³/mol. The fourth-order valence-corrected chi connectivity index (χ4v) is 1.77. The van der Waals surface area contributed by atoms with Gasteiger partial charge in [-0.2, -0.15) is 0 Å². The molecule has 0 aliphatic carbocycles. The van der Waals surface area contributed by atoms with Crippen LogP contribution in [0.3, 0.4) is 0 Å². The summed E-state index contributed by atoms with van der Waals surface area (Å²) in [7, 11) is 1.93. The summed E-state index contributed by atoms with van der Waals surface area (Å²) >= 11 is 0. The monoisotopic (exact) mass is 238 g/mol. The number of nitrogens with zero attached hydrogens (tertiary/aromatic N) is 1. The Morgan fingerprint density at radius 3 is 2.71 bits per heavy atom. The molecule has 1 rings (SSSR count). The lowest BCUT2D eigenvalue weighted by Crippen LogP contribution is -2.35. The minimum absolute atomic E-state index is 0.0649. The fraction of sp³-hybridized carbons (Fsp3) is 0.500. The molecular formula is C12H18N2O3. The van der Waals surface area contributed by atoms with Crippen molar-refractivity contribution in [3.8, 4) is 0 Å². The van der Waals surface area contributed by atoms with Gasteiger partial charge in [-0.05, 0) is 18.6 Å². The van der Waals surface area contributed by atoms with Crippen LogP contribution in [0.15, 0.2) is 18.3 Å². The maximum atomic E-state index is 11.0. The van der Waals surface area contributed by atoms with E-state index >= 15 is 0 Å². The Bertz CT molecular complexity index is 398. The second-order valence-corrected chi connectivity index (χ2v) is 4.14. The maximum absolute atomic E-state index is 11.0. The number of hydrogen-bond donors (Lipinski definition) is 2. The van der Waals surface area contributed by atoms with Crippen molar-refractivity contribution in [1.29, 1.82) is 0 Å². The summed E-state index contributed by atoms with van der Waals surface area (Å²) in [6.07, 6.45) is 3.09. The summed E-state index contributed by atoms with van der Waals surface area (Å²) in [6.45, 7) is 1.44. The van der Waals surface area contributed by atoms with E-state index in [0.717, 1.165) is 5.69 Å². The molecule has 94 valence electrons. The van der Waals surface area contributed by atoms with Gasteiger partial charge >= 0.3 is 5.97 Å². The first kappa shape index (κ1) is 13.3. The van der Waals surface area contributed by atoms with Gasteiger partial charge in [-0.25, -0.2) is 0 Å². The normalized spacial score (nSPS) is 12.1. The largest absolute Gasteiger partial charge is 0.481 e. The number of nitrogens with one attached hydrogen (secondary N) is 1. The number of aromatic nitrogens is 1. The molecule has 1 aromatic heterocycles. The number of aryl methyl sites for hydroxylation is 1. The Morgan fingerprint density at radius 2 is 2.24 bits per heavy atom. The van der Waals surface area contributed by atoms with Crippen LogP contribution in [0.2, 0.25) is 0 Å². The molecule has 0 bridgehead atoms. The molecule has 0 saturated carbocycles. The molecule has 0 aromatic carbocycles. The van der Waals surface area contributed by atoms with Crippen LogP contribution in [-0.2, 0) is 23.1 Å². The number of carbonyl (C=O) groups excluding carboxylic acids is 1. The molecule has 0 aliphatic rings. The highest BCUT2D eigenvalue weighted by Gasteiger charge is 2.14. The van der Waals surface area contributed by atoms with E-state index in [0.29, 0.717) is 12.8 Å². The third kappa shape index (κ3) is 4.72. The highest BCUT2D eigenvalue weighted by Crippen LogP contribution is 2.08. The molecule has 1 aromatic rings. The number of aliphatic carboxylic acids is 1. The lowest BCUT2D eigenvalue weighted by atomic mass is 10.1. The van der Waals surface area contributed by atoms with Crippen molar-refractivity contribution >= 4 is 11.9 Å². The summed E-state index contributed by atoms with van der Waals surface area (Å²) in [4.78, 5) is 21.6. The average Bonchev–Trinajstić information content (AvgIpc) is 2.60. The molecule has 1 atom stereocenters. The molecule has 5 nitrogen and oxygen atoms in total. The van der Waals surface area contributed by atoms with Gasteiger partial charge < -0.3 is 15.0 Å². The van der Waals surface area contributed by atoms with Crippen LogP contribution in [0.1, 0.15) is 25.5 Å². The summed E-state index contributed by atoms with van der Waals surface area (Å²) < 4.78 is 1.97. The van der Waals surface area contributed by atoms with Crippen molar-refractivity contribution in [2.75, 3.05) is 0 Å². The third-order valence-electron chi connectivity index (χ3n) is 2.62. The van der Waals surface area contributed by atoms with Crippen molar-refractivity contribution in [2.24, 2.45) is 7.05 Å². The highest BCUT2D eigenvalue weighted by molar-refractivity contribution is 5.73. The van der Waals surface area contributed by atoms with Gasteiger partial charge in [0.25, 0.3) is 0 Å². The van der Waals surface area contributed by atoms with Gasteiger partial charge in [0.05, 0.1) is 0 Å². The molecule has 0 spiro atoms. The van der Waals surface area contributed by atoms with E-state index in [2.05, 4.69) is 5.32 Å². The molecule has 0 aliphatic heterocycles. The second-order valence-electron chi connectivity index (χ2n) is 4.14. The zero-order valence-corrected chi connectivity index (χ0v) is 10.1. The maximum Gasteiger partial charge on any atom is 0.303 e. The number of rotatable bonds is 6. The summed E-state index contributed by atoms with van der Waals surface area (Å²) in [5, 5.41) is 11.4. The molecular weight excluding hydrogens is 220 g/mol. The van der Waals surface area contributed by atoms with Crippen LogP contribution >= 0.6 is 0 Å². The number of hydrogen-bond acceptors (Lipinski definition) is 2. The number of carboxylic acids is 1. The lowest BCUT2D eigenvalue weighted by molar-refractivity contribution is -0.137. The Morgan fingerprint density at radius 1 is 1.53 bits per heavy atom. The van der Waals surface area contributed by atoms with Crippen molar-refractivity contribution in [3.63, 3.8) is 0 Å². The minimum Gasteiger partial charge on any atom is -0.481 e. The number of amides is 1. The predicted octanol–water partition coefficient (Wildman–Crippen LogP) is 0.937. The van der Waals surface area contributed by atoms with Crippen LogP contribution in [0, 0.1) is 0 Å². The zero-order chi connectivity index (χ0) is 12.8. The van der Waals surface area contributed by atoms with Gasteiger partial charge in [0.2, 0.25) is 5.91 Å². The second kappa shape index (κ2) is 6.08. The van der Waals surface area contributed by atoms with E-state index < -0.39 is 5.97 Å². The van der Waals surface area contributed by atoms with E-state index in [1.165, 1.54) is 6.92 Å². The Labute approximate surface area is 100 Å². The molecule has 5 heteroatoms. The van der Waals surface area contributed by atoms with E-state index in [1.807, 2.05) is 29.9 Å². The van der Waals surface area contributed by atoms with Crippen molar-refractivity contribution in [1.82, 2.24) is 9.88 Å². The average molecular weight is 238 g/mol. The van der Waals surface area contributed by atoms with Crippen molar-refractivity contribution in [3.05, 3.63) is 24.0 Å². The third-order valence-corrected chi connectivity index (χ3v) is 2.62. The van der Waals surface area contributed by atoms with Crippen molar-refractivity contribution < 1.29 is 14.7 Å². The Balaban J connectivity index is 2.59. The van der Waals surface area contributed by atoms with Gasteiger partial charge in [0.15, 0.2) is 0 Å². The minimum atomic E-state index is -0.841. The first-order valence-electron chi connectivity index (χ1n) is 5.58. The lowest BCUT2D eigenvalue weighted by Gasteiger charge is -2.17. The van der Waals surface area contributed by atoms with Crippen LogP contribution < -0.4 is 5.32 Å². The van der Waals surface area contributed by atoms with E-state index in [-0.39, 0.29) is 18.4 Å². The molecule has 17 heavy (non-hydrogen) atoms. The van der Waals surface area contributed by atoms with Crippen molar-refractivity contribution in [2.45, 2.75) is 32.2 Å². The molecule has 0 radical (unpaired) electrons. The van der Waals surface area contributed by atoms with Gasteiger partial charge in [-0.1, -0.05) is 0 Å². The molecule has 2 N–H and O–H groups in total. The van der Waals surface area contributed by atoms with Crippen LogP contribution in [-0.4, -0.2) is 27.6 Å². The van der Waals surface area contributed by atoms with Gasteiger partial charge in [0.1, 0.15) is 0 Å². The standard InChI is InChI=1S/C12H18N2O3/c1-9(15)13-10(5-6-12(16)17)8-11-4-3-7-14(11)2/h3-4,7,10H,5-6,8H2,1-2H3,(H,13,15)(H,16,17). The zero-order valence-electron chi connectivity index (χ0n) is 10.1. The quantitative estimate of drug-likeness (QED) is 0.774. The Hall–Kier alpha value is -1.78. The van der Waals surface area contributed by atoms with E-state index in [9.17, 15) is 9.59 Å². The Kier molecular flexibility index (Phi) is 4.75. The first-order chi connectivity index (χ1) is 7.99. The molecule has 0 saturated heterocycles. The fourth-order valence-electron chi connectivity index (χ4n) is 1.77. The molecule has 0 fully saturated rings. The smallest absolute Gasteiger partial charge is 0.303 e. The van der Waals surface area contributed by atoms with Crippen LogP contribution in [0.5, 0.6) is 0 Å². The topological polar surface area (TPSA) is 71.3 Å². The van der Waals surface area contributed by atoms with Gasteiger partial charge in [-0.3, -0.25) is 9.59 Å². The number of carboxylic acid groups (broad SMARTS) is 1. The van der Waals surface area contributed by atoms with Gasteiger partial charge in [0, 0.05) is 44.7 Å². The first-order valence-corrected chi connectivity index (χ1v) is 5.58. The molecule has 1 unspecified atom stereocenters. The molecule has 1 amide bonds. The summed E-state index contributed by atoms with van der Waals surface area (Å²) in [6, 6.07) is 3.77. The van der Waals surface area contributed by atoms with E-state index in [1.54, 1.807) is 0 Å². The van der Waals surface area contributed by atoms with Crippen LogP contribution in [0.25, 0.3) is 0 Å². The van der Waals surface area contributed by atoms with Crippen LogP contribution in [0.4, 0.5) is 0 Å². The highest BCUT2D eigenvalue weighted by atomic mass is 16.4. The summed E-state index contributed by atoms with van der Waals surface area (Å²) in [5.41, 5.74) is 1.08.